The molecule has 0 bridgehead atoms. The molecule has 2 N–H and O–H groups in total. The molecule has 1 saturated carbocycles. The number of nitrogens with one attached hydrogen (secondary N) is 2. The molecule has 3 aromatic rings. The number of aryl methyl sites for hydroxylation is 1. The Morgan fingerprint density at radius 2 is 2.19 bits per heavy atom. The highest BCUT2D eigenvalue weighted by Crippen LogP contribution is 2.39. The minimum Gasteiger partial charge on any atom is -0.348 e. The first kappa shape index (κ1) is 17.1. The van der Waals surface area contributed by atoms with E-state index in [-0.39, 0.29) is 28.4 Å². The van der Waals surface area contributed by atoms with Gasteiger partial charge in [-0.2, -0.15) is 0 Å². The Kier molecular flexibility index (Phi) is 4.31. The third-order valence-corrected chi connectivity index (χ3v) is 4.70. The predicted octanol–water partition coefficient (Wildman–Crippen LogP) is 1.31. The second-order valence-electron chi connectivity index (χ2n) is 6.62. The number of rotatable bonds is 5. The molecule has 1 aliphatic carbocycles. The van der Waals surface area contributed by atoms with Crippen LogP contribution in [0.2, 0.25) is 0 Å². The molecule has 0 atom stereocenters. The van der Waals surface area contributed by atoms with Gasteiger partial charge in [-0.1, -0.05) is 6.07 Å². The number of amides is 1. The Bertz CT molecular complexity index is 1130. The fourth-order valence-electron chi connectivity index (χ4n) is 3.13. The van der Waals surface area contributed by atoms with Crippen LogP contribution in [0.5, 0.6) is 0 Å². The first-order valence-electron chi connectivity index (χ1n) is 8.93. The van der Waals surface area contributed by atoms with Gasteiger partial charge in [0.15, 0.2) is 5.65 Å². The Morgan fingerprint density at radius 3 is 2.85 bits per heavy atom. The van der Waals surface area contributed by atoms with Crippen molar-refractivity contribution in [2.45, 2.75) is 38.8 Å². The summed E-state index contributed by atoms with van der Waals surface area (Å²) < 4.78 is 1.39. The van der Waals surface area contributed by atoms with Crippen LogP contribution < -0.4 is 16.6 Å². The van der Waals surface area contributed by atoms with Crippen molar-refractivity contribution in [3.63, 3.8) is 0 Å². The lowest BCUT2D eigenvalue weighted by molar-refractivity contribution is 0.0952. The summed E-state index contributed by atoms with van der Waals surface area (Å²) in [5.74, 6) is -0.0982. The zero-order chi connectivity index (χ0) is 19.0. The number of pyridine rings is 2. The average Bonchev–Trinajstić information content (AvgIpc) is 3.51. The second kappa shape index (κ2) is 6.79. The quantitative estimate of drug-likeness (QED) is 0.708. The van der Waals surface area contributed by atoms with E-state index in [1.54, 1.807) is 31.5 Å². The van der Waals surface area contributed by atoms with Crippen LogP contribution >= 0.6 is 0 Å². The Balaban J connectivity index is 1.82. The molecule has 0 spiro atoms. The molecule has 8 nitrogen and oxygen atoms in total. The van der Waals surface area contributed by atoms with E-state index in [4.69, 9.17) is 0 Å². The standard InChI is InChI=1S/C19H19N5O3/c1-2-24-16-15(18(26)23-19(24)27)13(8-14(22-16)12-5-6-12)17(25)21-10-11-4-3-7-20-9-11/h3-4,7-9,12H,2,5-6,10H2,1H3,(H,21,25)(H,23,26,27). The lowest BCUT2D eigenvalue weighted by atomic mass is 10.1. The molecule has 1 aliphatic rings. The number of hydrogen-bond donors (Lipinski definition) is 2. The normalized spacial score (nSPS) is 13.7. The van der Waals surface area contributed by atoms with Gasteiger partial charge in [0.2, 0.25) is 0 Å². The topological polar surface area (TPSA) is 110 Å². The lowest BCUT2D eigenvalue weighted by Crippen LogP contribution is -2.33. The van der Waals surface area contributed by atoms with Crippen LogP contribution in [-0.4, -0.2) is 25.4 Å². The van der Waals surface area contributed by atoms with Crippen LogP contribution in [-0.2, 0) is 13.1 Å². The van der Waals surface area contributed by atoms with Crippen LogP contribution in [0.1, 0.15) is 47.3 Å². The van der Waals surface area contributed by atoms with E-state index in [9.17, 15) is 14.4 Å². The molecule has 3 aromatic heterocycles. The summed E-state index contributed by atoms with van der Waals surface area (Å²) in [5.41, 5.74) is 1.00. The van der Waals surface area contributed by atoms with Gasteiger partial charge in [-0.05, 0) is 37.5 Å². The molecule has 27 heavy (non-hydrogen) atoms. The molecule has 4 rings (SSSR count). The van der Waals surface area contributed by atoms with E-state index in [0.29, 0.717) is 13.1 Å². The summed E-state index contributed by atoms with van der Waals surface area (Å²) in [6, 6.07) is 5.33. The van der Waals surface area contributed by atoms with Crippen LogP contribution in [0.25, 0.3) is 11.0 Å². The Labute approximate surface area is 154 Å². The number of fused-ring (bicyclic) bond motifs is 1. The molecule has 1 amide bonds. The van der Waals surface area contributed by atoms with Crippen molar-refractivity contribution >= 4 is 16.9 Å². The highest BCUT2D eigenvalue weighted by Gasteiger charge is 2.28. The van der Waals surface area contributed by atoms with E-state index in [1.165, 1.54) is 4.57 Å². The molecule has 3 heterocycles. The monoisotopic (exact) mass is 365 g/mol. The SMILES string of the molecule is CCn1c(=O)[nH]c(=O)c2c(C(=O)NCc3cccnc3)cc(C3CC3)nc21. The van der Waals surface area contributed by atoms with Crippen LogP contribution in [0, 0.1) is 0 Å². The Morgan fingerprint density at radius 1 is 1.37 bits per heavy atom. The summed E-state index contributed by atoms with van der Waals surface area (Å²) in [6.07, 6.45) is 5.32. The maximum Gasteiger partial charge on any atom is 0.329 e. The smallest absolute Gasteiger partial charge is 0.329 e. The molecule has 0 aliphatic heterocycles. The van der Waals surface area contributed by atoms with E-state index in [1.807, 2.05) is 6.07 Å². The second-order valence-corrected chi connectivity index (χ2v) is 6.62. The lowest BCUT2D eigenvalue weighted by Gasteiger charge is -2.12. The van der Waals surface area contributed by atoms with Crippen molar-refractivity contribution in [3.8, 4) is 0 Å². The van der Waals surface area contributed by atoms with Gasteiger partial charge in [-0.3, -0.25) is 24.1 Å². The first-order valence-corrected chi connectivity index (χ1v) is 8.93. The van der Waals surface area contributed by atoms with Crippen molar-refractivity contribution in [1.29, 1.82) is 0 Å². The van der Waals surface area contributed by atoms with Crippen LogP contribution in [0.15, 0.2) is 40.2 Å². The van der Waals surface area contributed by atoms with Crippen molar-refractivity contribution in [1.82, 2.24) is 24.8 Å². The number of aromatic amines is 1. The summed E-state index contributed by atoms with van der Waals surface area (Å²) in [4.78, 5) is 48.3. The van der Waals surface area contributed by atoms with E-state index >= 15 is 0 Å². The van der Waals surface area contributed by atoms with Crippen molar-refractivity contribution in [3.05, 3.63) is 68.3 Å². The maximum absolute atomic E-state index is 12.9. The number of aromatic nitrogens is 4. The molecule has 0 radical (unpaired) electrons. The molecule has 0 unspecified atom stereocenters. The number of carbonyl (C=O) groups excluding carboxylic acids is 1. The van der Waals surface area contributed by atoms with Crippen LogP contribution in [0.4, 0.5) is 0 Å². The number of H-pyrrole nitrogens is 1. The fraction of sp³-hybridized carbons (Fsp3) is 0.316. The number of hydrogen-bond acceptors (Lipinski definition) is 5. The third kappa shape index (κ3) is 3.25. The van der Waals surface area contributed by atoms with Gasteiger partial charge in [0.1, 0.15) is 0 Å². The Hall–Kier alpha value is -3.29. The molecule has 138 valence electrons. The van der Waals surface area contributed by atoms with Gasteiger partial charge in [-0.15, -0.1) is 0 Å². The van der Waals surface area contributed by atoms with Gasteiger partial charge in [0, 0.05) is 37.1 Å². The summed E-state index contributed by atoms with van der Waals surface area (Å²) in [6.45, 7) is 2.44. The van der Waals surface area contributed by atoms with Crippen molar-refractivity contribution < 1.29 is 4.79 Å². The number of nitrogens with zero attached hydrogens (tertiary/aromatic N) is 3. The number of carbonyl (C=O) groups is 1. The molecule has 8 heteroatoms. The first-order chi connectivity index (χ1) is 13.1. The molecule has 0 aromatic carbocycles. The molecule has 1 fully saturated rings. The zero-order valence-electron chi connectivity index (χ0n) is 14.9. The van der Waals surface area contributed by atoms with Gasteiger partial charge in [0.05, 0.1) is 10.9 Å². The summed E-state index contributed by atoms with van der Waals surface area (Å²) in [5, 5.41) is 2.97. The summed E-state index contributed by atoms with van der Waals surface area (Å²) in [7, 11) is 0. The fourth-order valence-corrected chi connectivity index (χ4v) is 3.13. The molecule has 0 saturated heterocycles. The molecular weight excluding hydrogens is 346 g/mol. The van der Waals surface area contributed by atoms with Gasteiger partial charge >= 0.3 is 5.69 Å². The van der Waals surface area contributed by atoms with Gasteiger partial charge in [-0.25, -0.2) is 9.78 Å². The van der Waals surface area contributed by atoms with Gasteiger partial charge in [0.25, 0.3) is 11.5 Å². The third-order valence-electron chi connectivity index (χ3n) is 4.70. The maximum atomic E-state index is 12.9. The minimum absolute atomic E-state index is 0.143. The zero-order valence-corrected chi connectivity index (χ0v) is 14.9. The highest BCUT2D eigenvalue weighted by atomic mass is 16.2. The average molecular weight is 365 g/mol. The van der Waals surface area contributed by atoms with Gasteiger partial charge < -0.3 is 5.32 Å². The minimum atomic E-state index is -0.596. The van der Waals surface area contributed by atoms with E-state index < -0.39 is 11.2 Å². The predicted molar refractivity (Wildman–Crippen MR) is 99.7 cm³/mol. The summed E-state index contributed by atoms with van der Waals surface area (Å²) >= 11 is 0. The largest absolute Gasteiger partial charge is 0.348 e. The van der Waals surface area contributed by atoms with Crippen molar-refractivity contribution in [2.75, 3.05) is 0 Å². The molecular formula is C19H19N5O3. The van der Waals surface area contributed by atoms with Crippen molar-refractivity contribution in [2.24, 2.45) is 0 Å². The highest BCUT2D eigenvalue weighted by molar-refractivity contribution is 6.05. The van der Waals surface area contributed by atoms with E-state index in [2.05, 4.69) is 20.3 Å². The van der Waals surface area contributed by atoms with E-state index in [0.717, 1.165) is 24.1 Å². The van der Waals surface area contributed by atoms with Crippen LogP contribution in [0.3, 0.4) is 0 Å².